The van der Waals surface area contributed by atoms with Crippen molar-refractivity contribution in [3.8, 4) is 0 Å². The fourth-order valence-electron chi connectivity index (χ4n) is 1.46. The Labute approximate surface area is 110 Å². The van der Waals surface area contributed by atoms with E-state index in [9.17, 15) is 4.79 Å². The Bertz CT molecular complexity index is 393. The van der Waals surface area contributed by atoms with Crippen molar-refractivity contribution in [2.75, 3.05) is 13.2 Å². The fraction of sp³-hybridized carbons (Fsp3) is 0.308. The molecule has 1 N–H and O–H groups in total. The average Bonchev–Trinajstić information content (AvgIpc) is 2.32. The van der Waals surface area contributed by atoms with Crippen LogP contribution in [-0.2, 0) is 9.53 Å². The van der Waals surface area contributed by atoms with E-state index in [1.807, 2.05) is 24.3 Å². The van der Waals surface area contributed by atoms with E-state index < -0.39 is 6.04 Å². The van der Waals surface area contributed by atoms with Crippen molar-refractivity contribution >= 4 is 21.9 Å². The highest BCUT2D eigenvalue weighted by molar-refractivity contribution is 9.10. The molecule has 3 nitrogen and oxygen atoms in total. The Balaban J connectivity index is 2.93. The third-order valence-electron chi connectivity index (χ3n) is 2.20. The lowest BCUT2D eigenvalue weighted by Gasteiger charge is -2.17. The molecule has 17 heavy (non-hydrogen) atoms. The first kappa shape index (κ1) is 13.9. The molecule has 1 aromatic carbocycles. The van der Waals surface area contributed by atoms with Gasteiger partial charge in [-0.1, -0.05) is 40.2 Å². The first-order chi connectivity index (χ1) is 8.20. The number of ether oxygens (including phenoxy) is 1. The Morgan fingerprint density at radius 2 is 2.29 bits per heavy atom. The molecule has 0 radical (unpaired) electrons. The topological polar surface area (TPSA) is 38.3 Å². The van der Waals surface area contributed by atoms with Crippen molar-refractivity contribution < 1.29 is 9.53 Å². The van der Waals surface area contributed by atoms with E-state index in [0.29, 0.717) is 13.2 Å². The van der Waals surface area contributed by atoms with Gasteiger partial charge in [0.15, 0.2) is 0 Å². The molecule has 1 rings (SSSR count). The molecular formula is C13H16BrNO2. The molecule has 0 amide bonds. The van der Waals surface area contributed by atoms with Crippen LogP contribution < -0.4 is 5.32 Å². The largest absolute Gasteiger partial charge is 0.465 e. The molecule has 1 aromatic rings. The van der Waals surface area contributed by atoms with Crippen molar-refractivity contribution in [2.24, 2.45) is 0 Å². The maximum Gasteiger partial charge on any atom is 0.327 e. The summed E-state index contributed by atoms with van der Waals surface area (Å²) in [6, 6.07) is 7.12. The summed E-state index contributed by atoms with van der Waals surface area (Å²) in [7, 11) is 0. The summed E-state index contributed by atoms with van der Waals surface area (Å²) in [5, 5.41) is 3.09. The van der Waals surface area contributed by atoms with Gasteiger partial charge in [0.05, 0.1) is 6.61 Å². The zero-order valence-electron chi connectivity index (χ0n) is 9.78. The third kappa shape index (κ3) is 3.98. The van der Waals surface area contributed by atoms with Crippen LogP contribution in [0.2, 0.25) is 0 Å². The van der Waals surface area contributed by atoms with Crippen LogP contribution in [0, 0.1) is 0 Å². The smallest absolute Gasteiger partial charge is 0.327 e. The number of carbonyl (C=O) groups is 1. The second kappa shape index (κ2) is 7.25. The van der Waals surface area contributed by atoms with E-state index in [1.165, 1.54) is 0 Å². The van der Waals surface area contributed by atoms with Gasteiger partial charge >= 0.3 is 5.97 Å². The number of benzene rings is 1. The van der Waals surface area contributed by atoms with Crippen LogP contribution in [0.15, 0.2) is 41.4 Å². The summed E-state index contributed by atoms with van der Waals surface area (Å²) in [5.41, 5.74) is 0.868. The van der Waals surface area contributed by atoms with E-state index in [4.69, 9.17) is 4.74 Å². The van der Waals surface area contributed by atoms with E-state index in [1.54, 1.807) is 13.0 Å². The molecule has 1 atom stereocenters. The Morgan fingerprint density at radius 3 is 2.88 bits per heavy atom. The summed E-state index contributed by atoms with van der Waals surface area (Å²) >= 11 is 3.43. The summed E-state index contributed by atoms with van der Waals surface area (Å²) in [6.07, 6.45) is 1.71. The highest BCUT2D eigenvalue weighted by atomic mass is 79.9. The minimum atomic E-state index is -0.469. The molecule has 0 aliphatic rings. The number of nitrogens with one attached hydrogen (secondary N) is 1. The number of hydrogen-bond donors (Lipinski definition) is 1. The maximum atomic E-state index is 11.9. The molecule has 0 aliphatic carbocycles. The van der Waals surface area contributed by atoms with Crippen LogP contribution in [0.3, 0.4) is 0 Å². The first-order valence-corrected chi connectivity index (χ1v) is 6.25. The van der Waals surface area contributed by atoms with Crippen LogP contribution in [0.5, 0.6) is 0 Å². The summed E-state index contributed by atoms with van der Waals surface area (Å²) in [5.74, 6) is -0.277. The van der Waals surface area contributed by atoms with Crippen LogP contribution in [-0.4, -0.2) is 19.1 Å². The lowest BCUT2D eigenvalue weighted by Crippen LogP contribution is -2.30. The van der Waals surface area contributed by atoms with E-state index >= 15 is 0 Å². The van der Waals surface area contributed by atoms with Crippen LogP contribution in [0.25, 0.3) is 0 Å². The van der Waals surface area contributed by atoms with Crippen LogP contribution in [0.1, 0.15) is 18.5 Å². The minimum Gasteiger partial charge on any atom is -0.465 e. The lowest BCUT2D eigenvalue weighted by molar-refractivity contribution is -0.145. The maximum absolute atomic E-state index is 11.9. The summed E-state index contributed by atoms with van der Waals surface area (Å²) in [4.78, 5) is 11.9. The zero-order valence-corrected chi connectivity index (χ0v) is 11.4. The molecule has 0 aromatic heterocycles. The molecule has 0 saturated heterocycles. The van der Waals surface area contributed by atoms with E-state index in [0.717, 1.165) is 10.0 Å². The number of halogens is 1. The predicted molar refractivity (Wildman–Crippen MR) is 71.7 cm³/mol. The van der Waals surface area contributed by atoms with Gasteiger partial charge < -0.3 is 4.74 Å². The number of rotatable bonds is 6. The monoisotopic (exact) mass is 297 g/mol. The van der Waals surface area contributed by atoms with Gasteiger partial charge in [0.2, 0.25) is 0 Å². The molecule has 1 unspecified atom stereocenters. The normalized spacial score (nSPS) is 11.9. The van der Waals surface area contributed by atoms with Crippen molar-refractivity contribution in [1.82, 2.24) is 5.32 Å². The van der Waals surface area contributed by atoms with Gasteiger partial charge in [0.1, 0.15) is 6.04 Å². The van der Waals surface area contributed by atoms with Crippen LogP contribution >= 0.6 is 15.9 Å². The summed E-state index contributed by atoms with van der Waals surface area (Å²) in [6.45, 7) is 6.34. The molecule has 0 spiro atoms. The Hall–Kier alpha value is -1.13. The number of esters is 1. The lowest BCUT2D eigenvalue weighted by atomic mass is 10.1. The minimum absolute atomic E-state index is 0.277. The van der Waals surface area contributed by atoms with Crippen molar-refractivity contribution in [3.63, 3.8) is 0 Å². The third-order valence-corrected chi connectivity index (χ3v) is 2.93. The second-order valence-electron chi connectivity index (χ2n) is 3.40. The molecule has 0 saturated carbocycles. The second-order valence-corrected chi connectivity index (χ2v) is 4.26. The molecule has 0 fully saturated rings. The standard InChI is InChI=1S/C13H16BrNO2/c1-3-9-15-12(13(16)17-4-2)10-7-5-6-8-11(10)14/h3,5-8,12,15H,1,4,9H2,2H3. The van der Waals surface area contributed by atoms with E-state index in [-0.39, 0.29) is 5.97 Å². The highest BCUT2D eigenvalue weighted by Gasteiger charge is 2.22. The first-order valence-electron chi connectivity index (χ1n) is 5.46. The Kier molecular flexibility index (Phi) is 5.94. The van der Waals surface area contributed by atoms with Gasteiger partial charge in [-0.25, -0.2) is 4.79 Å². The van der Waals surface area contributed by atoms with E-state index in [2.05, 4.69) is 27.8 Å². The molecule has 0 heterocycles. The highest BCUT2D eigenvalue weighted by Crippen LogP contribution is 2.24. The van der Waals surface area contributed by atoms with Crippen molar-refractivity contribution in [3.05, 3.63) is 47.0 Å². The molecule has 4 heteroatoms. The molecule has 92 valence electrons. The predicted octanol–water partition coefficient (Wildman–Crippen LogP) is 2.83. The molecular weight excluding hydrogens is 282 g/mol. The van der Waals surface area contributed by atoms with Gasteiger partial charge in [-0.15, -0.1) is 6.58 Å². The molecule has 0 bridgehead atoms. The van der Waals surface area contributed by atoms with Crippen LogP contribution in [0.4, 0.5) is 0 Å². The van der Waals surface area contributed by atoms with Crippen molar-refractivity contribution in [2.45, 2.75) is 13.0 Å². The van der Waals surface area contributed by atoms with Crippen molar-refractivity contribution in [1.29, 1.82) is 0 Å². The summed E-state index contributed by atoms with van der Waals surface area (Å²) < 4.78 is 5.94. The van der Waals surface area contributed by atoms with Gasteiger partial charge in [-0.2, -0.15) is 0 Å². The van der Waals surface area contributed by atoms with Gasteiger partial charge in [0.25, 0.3) is 0 Å². The number of hydrogen-bond acceptors (Lipinski definition) is 3. The van der Waals surface area contributed by atoms with Gasteiger partial charge in [-0.3, -0.25) is 5.32 Å². The SMILES string of the molecule is C=CCNC(C(=O)OCC)c1ccccc1Br. The fourth-order valence-corrected chi connectivity index (χ4v) is 1.97. The zero-order chi connectivity index (χ0) is 12.7. The van der Waals surface area contributed by atoms with Gasteiger partial charge in [0, 0.05) is 11.0 Å². The Morgan fingerprint density at radius 1 is 1.59 bits per heavy atom. The number of carbonyl (C=O) groups excluding carboxylic acids is 1. The molecule has 0 aliphatic heterocycles. The van der Waals surface area contributed by atoms with Gasteiger partial charge in [-0.05, 0) is 18.6 Å². The quantitative estimate of drug-likeness (QED) is 0.648. The average molecular weight is 298 g/mol.